The van der Waals surface area contributed by atoms with E-state index in [4.69, 9.17) is 33.6 Å². The first kappa shape index (κ1) is 57.3. The average Bonchev–Trinajstić information content (AvgIpc) is 4.06. The monoisotopic (exact) mass is 1080 g/mol. The number of carbonyl (C=O) groups is 7. The standard InChI is InChI=1S/C51H62N8O11.C2HF3O2/c1-51(2,50(65)56-20-17-52-18-21-56)70-40-8-3-7-39(30-40)57-19-5-6-37(34-57)47(62)58(33-35-11-13-36(14-12-35)38-31-53-54-32-38)22-23-66-24-25-67-26-27-68-28-29-69-43-10-4-9-41-45(43)49(64)59(48(41)63)42-15-16-44(60)55-46(42)61;3-2(4,5)1(6)7/h3-4,7-14,30-32,37,42,52H,5-6,15-29,33-34H2,1-2H3,(H,53,54)(H,55,60,61);(H,6,7)/t37-,42?;/m1./s1. The van der Waals surface area contributed by atoms with Gasteiger partial charge in [0.05, 0.1) is 62.9 Å². The van der Waals surface area contributed by atoms with E-state index in [1.54, 1.807) is 18.3 Å². The Labute approximate surface area is 442 Å². The van der Waals surface area contributed by atoms with Crippen molar-refractivity contribution < 1.29 is 75.5 Å². The molecule has 414 valence electrons. The highest BCUT2D eigenvalue weighted by atomic mass is 19.4. The number of piperazine rings is 1. The van der Waals surface area contributed by atoms with Crippen LogP contribution in [0.1, 0.15) is 65.8 Å². The van der Waals surface area contributed by atoms with Gasteiger partial charge in [0.15, 0.2) is 5.60 Å². The molecule has 77 heavy (non-hydrogen) atoms. The predicted octanol–water partition coefficient (Wildman–Crippen LogP) is 4.07. The Morgan fingerprint density at radius 2 is 1.49 bits per heavy atom. The van der Waals surface area contributed by atoms with Gasteiger partial charge in [-0.15, -0.1) is 0 Å². The molecule has 2 atom stereocenters. The zero-order valence-corrected chi connectivity index (χ0v) is 42.8. The number of carboxylic acid groups (broad SMARTS) is 1. The Morgan fingerprint density at radius 3 is 2.16 bits per heavy atom. The number of rotatable bonds is 22. The summed E-state index contributed by atoms with van der Waals surface area (Å²) in [6.07, 6.45) is 0.238. The van der Waals surface area contributed by atoms with Crippen molar-refractivity contribution >= 4 is 47.1 Å². The van der Waals surface area contributed by atoms with Crippen LogP contribution in [0.5, 0.6) is 11.5 Å². The topological polar surface area (TPSA) is 252 Å². The molecule has 3 fully saturated rings. The largest absolute Gasteiger partial charge is 0.490 e. The van der Waals surface area contributed by atoms with Crippen LogP contribution in [0, 0.1) is 5.92 Å². The fourth-order valence-electron chi connectivity index (χ4n) is 9.23. The molecule has 5 heterocycles. The molecule has 4 aliphatic rings. The van der Waals surface area contributed by atoms with Crippen LogP contribution in [0.15, 0.2) is 79.1 Å². The van der Waals surface area contributed by atoms with Crippen molar-refractivity contribution in [3.8, 4) is 22.6 Å². The van der Waals surface area contributed by atoms with Gasteiger partial charge in [-0.25, -0.2) is 4.79 Å². The Bertz CT molecular complexity index is 2700. The molecule has 0 saturated carbocycles. The quantitative estimate of drug-likeness (QED) is 0.0640. The van der Waals surface area contributed by atoms with Gasteiger partial charge in [0, 0.05) is 82.3 Å². The molecule has 1 aromatic heterocycles. The number of aliphatic carboxylic acids is 1. The van der Waals surface area contributed by atoms with E-state index in [0.717, 1.165) is 59.8 Å². The van der Waals surface area contributed by atoms with E-state index in [0.29, 0.717) is 64.9 Å². The maximum Gasteiger partial charge on any atom is 0.490 e. The Morgan fingerprint density at radius 1 is 0.818 bits per heavy atom. The first-order valence-electron chi connectivity index (χ1n) is 25.3. The molecule has 8 rings (SSSR count). The summed E-state index contributed by atoms with van der Waals surface area (Å²) < 4.78 is 61.3. The van der Waals surface area contributed by atoms with E-state index in [1.165, 1.54) is 6.07 Å². The molecule has 0 aliphatic carbocycles. The number of nitrogens with zero attached hydrogens (tertiary/aromatic N) is 5. The third-order valence-electron chi connectivity index (χ3n) is 13.1. The number of hydrogen-bond donors (Lipinski definition) is 4. The SMILES string of the molecule is CC(C)(Oc1cccc(N2CCC[C@@H](C(=O)N(CCOCCOCCOCCOc3cccc4c3C(=O)N(C3CCC(=O)NC3=O)C4=O)Cc3ccc(-c4cn[nH]c4)cc3)C2)c1)C(=O)N1CCNCC1.O=C(O)C(F)(F)F. The molecule has 3 aromatic carbocycles. The highest BCUT2D eigenvalue weighted by Crippen LogP contribution is 2.34. The molecule has 1 unspecified atom stereocenters. The summed E-state index contributed by atoms with van der Waals surface area (Å²) >= 11 is 0. The Balaban J connectivity index is 0.00000115. The van der Waals surface area contributed by atoms with Crippen molar-refractivity contribution in [1.29, 1.82) is 0 Å². The molecular formula is C53H63F3N8O13. The lowest BCUT2D eigenvalue weighted by Crippen LogP contribution is -2.54. The van der Waals surface area contributed by atoms with Crippen molar-refractivity contribution in [2.45, 2.75) is 63.9 Å². The number of carbonyl (C=O) groups excluding carboxylic acids is 6. The molecule has 24 heteroatoms. The van der Waals surface area contributed by atoms with Gasteiger partial charge in [0.25, 0.3) is 17.7 Å². The third kappa shape index (κ3) is 15.4. The number of imide groups is 2. The zero-order valence-electron chi connectivity index (χ0n) is 42.8. The number of H-pyrrole nitrogens is 1. The van der Waals surface area contributed by atoms with Gasteiger partial charge in [-0.1, -0.05) is 36.4 Å². The number of ether oxygens (including phenoxy) is 5. The van der Waals surface area contributed by atoms with Gasteiger partial charge in [0.1, 0.15) is 24.1 Å². The van der Waals surface area contributed by atoms with E-state index < -0.39 is 47.4 Å². The molecule has 21 nitrogen and oxygen atoms in total. The first-order chi connectivity index (χ1) is 36.9. The number of halogens is 3. The van der Waals surface area contributed by atoms with Crippen LogP contribution < -0.4 is 25.0 Å². The van der Waals surface area contributed by atoms with Gasteiger partial charge in [-0.05, 0) is 68.5 Å². The fourth-order valence-corrected chi connectivity index (χ4v) is 9.23. The van der Waals surface area contributed by atoms with Crippen molar-refractivity contribution in [3.63, 3.8) is 0 Å². The number of aromatic amines is 1. The summed E-state index contributed by atoms with van der Waals surface area (Å²) in [5, 5.41) is 19.5. The minimum Gasteiger partial charge on any atom is -0.490 e. The van der Waals surface area contributed by atoms with Gasteiger partial charge in [0.2, 0.25) is 17.7 Å². The van der Waals surface area contributed by atoms with Gasteiger partial charge < -0.3 is 48.8 Å². The van der Waals surface area contributed by atoms with E-state index in [9.17, 15) is 41.9 Å². The highest BCUT2D eigenvalue weighted by Gasteiger charge is 2.46. The molecular weight excluding hydrogens is 1010 g/mol. The number of fused-ring (bicyclic) bond motifs is 1. The summed E-state index contributed by atoms with van der Waals surface area (Å²) in [5.41, 5.74) is 3.13. The number of anilines is 1. The second-order valence-electron chi connectivity index (χ2n) is 19.0. The molecule has 4 aromatic rings. The second kappa shape index (κ2) is 26.6. The number of alkyl halides is 3. The molecule has 0 radical (unpaired) electrons. The molecule has 3 saturated heterocycles. The third-order valence-corrected chi connectivity index (χ3v) is 13.1. The van der Waals surface area contributed by atoms with Crippen LogP contribution in [-0.4, -0.2) is 181 Å². The molecule has 0 spiro atoms. The normalized spacial score (nSPS) is 17.8. The van der Waals surface area contributed by atoms with Crippen LogP contribution in [0.25, 0.3) is 11.1 Å². The van der Waals surface area contributed by atoms with Crippen molar-refractivity contribution in [2.24, 2.45) is 5.92 Å². The fraction of sp³-hybridized carbons (Fsp3) is 0.472. The minimum absolute atomic E-state index is 0.0342. The summed E-state index contributed by atoms with van der Waals surface area (Å²) in [5.74, 6) is -4.52. The maximum absolute atomic E-state index is 14.4. The van der Waals surface area contributed by atoms with Gasteiger partial charge in [-0.3, -0.25) is 44.1 Å². The van der Waals surface area contributed by atoms with Crippen LogP contribution in [0.4, 0.5) is 18.9 Å². The number of carboxylic acids is 1. The van der Waals surface area contributed by atoms with E-state index in [2.05, 4.69) is 25.7 Å². The lowest BCUT2D eigenvalue weighted by Gasteiger charge is -2.37. The summed E-state index contributed by atoms with van der Waals surface area (Å²) in [4.78, 5) is 94.0. The number of nitrogens with one attached hydrogen (secondary N) is 3. The highest BCUT2D eigenvalue weighted by molar-refractivity contribution is 6.24. The molecule has 6 amide bonds. The van der Waals surface area contributed by atoms with Crippen LogP contribution in [0.3, 0.4) is 0 Å². The number of amides is 6. The summed E-state index contributed by atoms with van der Waals surface area (Å²) in [6, 6.07) is 19.6. The van der Waals surface area contributed by atoms with E-state index in [1.807, 2.05) is 78.4 Å². The number of benzene rings is 3. The second-order valence-corrected chi connectivity index (χ2v) is 19.0. The number of piperidine rings is 2. The maximum atomic E-state index is 14.4. The zero-order chi connectivity index (χ0) is 55.1. The molecule has 0 bridgehead atoms. The Kier molecular flexibility index (Phi) is 19.8. The average molecular weight is 1080 g/mol. The minimum atomic E-state index is -5.08. The van der Waals surface area contributed by atoms with Crippen LogP contribution in [0.2, 0.25) is 0 Å². The molecule has 4 N–H and O–H groups in total. The number of hydrogen-bond acceptors (Lipinski definition) is 15. The Hall–Kier alpha value is -7.41. The van der Waals surface area contributed by atoms with Crippen LogP contribution in [-0.2, 0) is 44.7 Å². The predicted molar refractivity (Wildman–Crippen MR) is 270 cm³/mol. The van der Waals surface area contributed by atoms with E-state index in [-0.39, 0.29) is 67.3 Å². The summed E-state index contributed by atoms with van der Waals surface area (Å²) in [7, 11) is 0. The van der Waals surface area contributed by atoms with Crippen molar-refractivity contribution in [2.75, 3.05) is 97.0 Å². The van der Waals surface area contributed by atoms with Crippen molar-refractivity contribution in [1.82, 2.24) is 35.5 Å². The summed E-state index contributed by atoms with van der Waals surface area (Å²) in [6.45, 7) is 10.4. The molecule has 4 aliphatic heterocycles. The van der Waals surface area contributed by atoms with Gasteiger partial charge in [-0.2, -0.15) is 18.3 Å². The lowest BCUT2D eigenvalue weighted by molar-refractivity contribution is -0.192. The van der Waals surface area contributed by atoms with E-state index >= 15 is 0 Å². The smallest absolute Gasteiger partial charge is 0.490 e. The first-order valence-corrected chi connectivity index (χ1v) is 25.3. The van der Waals surface area contributed by atoms with Gasteiger partial charge >= 0.3 is 12.1 Å². The van der Waals surface area contributed by atoms with Crippen molar-refractivity contribution in [3.05, 3.63) is 95.8 Å². The number of aromatic nitrogens is 2. The lowest BCUT2D eigenvalue weighted by atomic mass is 9.95. The van der Waals surface area contributed by atoms with Crippen LogP contribution >= 0.6 is 0 Å².